The van der Waals surface area contributed by atoms with E-state index in [0.29, 0.717) is 5.02 Å². The topological polar surface area (TPSA) is 39.1 Å². The molecule has 0 fully saturated rings. The summed E-state index contributed by atoms with van der Waals surface area (Å²) in [6.45, 7) is 2.77. The molecule has 0 aliphatic rings. The number of benzene rings is 1. The molecular weight excluding hydrogens is 250 g/mol. The number of halogens is 1. The molecule has 2 aromatic rings. The fourth-order valence-electron chi connectivity index (χ4n) is 1.83. The predicted molar refractivity (Wildman–Crippen MR) is 72.6 cm³/mol. The van der Waals surface area contributed by atoms with E-state index in [4.69, 9.17) is 16.3 Å². The highest BCUT2D eigenvalue weighted by Gasteiger charge is 2.10. The largest absolute Gasteiger partial charge is 0.494 e. The Morgan fingerprint density at radius 1 is 1.44 bits per heavy atom. The highest BCUT2D eigenvalue weighted by molar-refractivity contribution is 6.30. The van der Waals surface area contributed by atoms with Crippen LogP contribution >= 0.6 is 11.6 Å². The molecule has 1 heterocycles. The fraction of sp³-hybridized carbons (Fsp3) is 0.308. The number of methoxy groups -OCH3 is 1. The third kappa shape index (κ3) is 2.49. The van der Waals surface area contributed by atoms with E-state index in [1.165, 1.54) is 0 Å². The van der Waals surface area contributed by atoms with Crippen molar-refractivity contribution in [1.82, 2.24) is 15.1 Å². The molecule has 0 aliphatic carbocycles. The number of rotatable bonds is 4. The number of ether oxygens (including phenoxy) is 1. The first-order valence-electron chi connectivity index (χ1n) is 5.69. The van der Waals surface area contributed by atoms with Gasteiger partial charge in [-0.1, -0.05) is 11.6 Å². The van der Waals surface area contributed by atoms with Crippen LogP contribution in [0.3, 0.4) is 0 Å². The van der Waals surface area contributed by atoms with Gasteiger partial charge in [-0.15, -0.1) is 0 Å². The molecular formula is C13H16ClN3O. The van der Waals surface area contributed by atoms with Gasteiger partial charge in [0, 0.05) is 23.3 Å². The Hall–Kier alpha value is -1.52. The van der Waals surface area contributed by atoms with Crippen molar-refractivity contribution < 1.29 is 4.74 Å². The van der Waals surface area contributed by atoms with E-state index >= 15 is 0 Å². The van der Waals surface area contributed by atoms with Crippen LogP contribution in [0.4, 0.5) is 0 Å². The number of hydrogen-bond donors (Lipinski definition) is 1. The summed E-state index contributed by atoms with van der Waals surface area (Å²) in [5, 5.41) is 8.27. The van der Waals surface area contributed by atoms with Crippen molar-refractivity contribution >= 4 is 11.6 Å². The van der Waals surface area contributed by atoms with Crippen molar-refractivity contribution in [3.05, 3.63) is 40.7 Å². The van der Waals surface area contributed by atoms with Crippen LogP contribution in [-0.4, -0.2) is 23.9 Å². The van der Waals surface area contributed by atoms with Gasteiger partial charge < -0.3 is 10.1 Å². The van der Waals surface area contributed by atoms with E-state index < -0.39 is 0 Å². The Kier molecular flexibility index (Phi) is 3.89. The van der Waals surface area contributed by atoms with E-state index in [0.717, 1.165) is 29.2 Å². The van der Waals surface area contributed by atoms with Crippen molar-refractivity contribution in [2.45, 2.75) is 13.5 Å². The maximum atomic E-state index is 6.02. The number of nitrogens with zero attached hydrogens (tertiary/aromatic N) is 2. The SMILES string of the molecule is CNCc1cn(-c2cc(Cl)ccc2OC)nc1C. The average Bonchev–Trinajstić information content (AvgIpc) is 2.71. The van der Waals surface area contributed by atoms with Gasteiger partial charge in [0.05, 0.1) is 12.8 Å². The molecule has 0 unspecified atom stereocenters. The monoisotopic (exact) mass is 265 g/mol. The van der Waals surface area contributed by atoms with Gasteiger partial charge in [-0.3, -0.25) is 0 Å². The summed E-state index contributed by atoms with van der Waals surface area (Å²) >= 11 is 6.02. The lowest BCUT2D eigenvalue weighted by Gasteiger charge is -2.08. The lowest BCUT2D eigenvalue weighted by Crippen LogP contribution is -2.05. The smallest absolute Gasteiger partial charge is 0.144 e. The summed E-state index contributed by atoms with van der Waals surface area (Å²) in [4.78, 5) is 0. The van der Waals surface area contributed by atoms with E-state index in [2.05, 4.69) is 10.4 Å². The first-order chi connectivity index (χ1) is 8.65. The van der Waals surface area contributed by atoms with Gasteiger partial charge in [0.1, 0.15) is 11.4 Å². The molecule has 4 nitrogen and oxygen atoms in total. The predicted octanol–water partition coefficient (Wildman–Crippen LogP) is 2.56. The number of aromatic nitrogens is 2. The third-order valence-electron chi connectivity index (χ3n) is 2.76. The van der Waals surface area contributed by atoms with Crippen LogP contribution in [0.15, 0.2) is 24.4 Å². The van der Waals surface area contributed by atoms with Crippen LogP contribution in [-0.2, 0) is 6.54 Å². The standard InChI is InChI=1S/C13H16ClN3O/c1-9-10(7-15-2)8-17(16-9)12-6-11(14)4-5-13(12)18-3/h4-6,8,15H,7H2,1-3H3. The molecule has 0 atom stereocenters. The van der Waals surface area contributed by atoms with Crippen LogP contribution in [0, 0.1) is 6.92 Å². The summed E-state index contributed by atoms with van der Waals surface area (Å²) in [6, 6.07) is 5.48. The number of aryl methyl sites for hydroxylation is 1. The van der Waals surface area contributed by atoms with E-state index in [-0.39, 0.29) is 0 Å². The Labute approximate surface area is 112 Å². The summed E-state index contributed by atoms with van der Waals surface area (Å²) < 4.78 is 7.13. The Balaban J connectivity index is 2.47. The summed E-state index contributed by atoms with van der Waals surface area (Å²) in [6.07, 6.45) is 1.99. The third-order valence-corrected chi connectivity index (χ3v) is 2.99. The normalized spacial score (nSPS) is 10.7. The molecule has 1 aromatic carbocycles. The zero-order valence-electron chi connectivity index (χ0n) is 10.7. The molecule has 0 aliphatic heterocycles. The van der Waals surface area contributed by atoms with Gasteiger partial charge in [0.2, 0.25) is 0 Å². The second-order valence-corrected chi connectivity index (χ2v) is 4.47. The van der Waals surface area contributed by atoms with Crippen molar-refractivity contribution in [2.75, 3.05) is 14.2 Å². The Morgan fingerprint density at radius 3 is 2.89 bits per heavy atom. The molecule has 0 radical (unpaired) electrons. The molecule has 0 saturated carbocycles. The highest BCUT2D eigenvalue weighted by Crippen LogP contribution is 2.26. The second kappa shape index (κ2) is 5.42. The molecule has 96 valence electrons. The molecule has 0 bridgehead atoms. The summed E-state index contributed by atoms with van der Waals surface area (Å²) in [7, 11) is 3.55. The molecule has 0 spiro atoms. The van der Waals surface area contributed by atoms with Gasteiger partial charge in [-0.05, 0) is 32.2 Å². The van der Waals surface area contributed by atoms with E-state index in [1.807, 2.05) is 32.3 Å². The van der Waals surface area contributed by atoms with Gasteiger partial charge in [-0.25, -0.2) is 4.68 Å². The Morgan fingerprint density at radius 2 is 2.22 bits per heavy atom. The average molecular weight is 266 g/mol. The van der Waals surface area contributed by atoms with Crippen LogP contribution in [0.5, 0.6) is 5.75 Å². The van der Waals surface area contributed by atoms with Crippen molar-refractivity contribution in [3.63, 3.8) is 0 Å². The number of nitrogens with one attached hydrogen (secondary N) is 1. The maximum absolute atomic E-state index is 6.02. The fourth-order valence-corrected chi connectivity index (χ4v) is 1.99. The first-order valence-corrected chi connectivity index (χ1v) is 6.07. The minimum absolute atomic E-state index is 0.661. The molecule has 0 amide bonds. The lowest BCUT2D eigenvalue weighted by molar-refractivity contribution is 0.411. The minimum Gasteiger partial charge on any atom is -0.494 e. The molecule has 0 saturated heterocycles. The first kappa shape index (κ1) is 12.9. The van der Waals surface area contributed by atoms with Crippen LogP contribution in [0.25, 0.3) is 5.69 Å². The number of hydrogen-bond acceptors (Lipinski definition) is 3. The zero-order valence-corrected chi connectivity index (χ0v) is 11.5. The maximum Gasteiger partial charge on any atom is 0.144 e. The summed E-state index contributed by atoms with van der Waals surface area (Å²) in [5.41, 5.74) is 2.99. The van der Waals surface area contributed by atoms with Crippen LogP contribution < -0.4 is 10.1 Å². The van der Waals surface area contributed by atoms with Gasteiger partial charge in [0.15, 0.2) is 0 Å². The van der Waals surface area contributed by atoms with E-state index in [9.17, 15) is 0 Å². The Bertz CT molecular complexity index is 551. The van der Waals surface area contributed by atoms with Crippen LogP contribution in [0.1, 0.15) is 11.3 Å². The molecule has 18 heavy (non-hydrogen) atoms. The molecule has 2 rings (SSSR count). The van der Waals surface area contributed by atoms with Crippen molar-refractivity contribution in [2.24, 2.45) is 0 Å². The molecule has 1 N–H and O–H groups in total. The minimum atomic E-state index is 0.661. The van der Waals surface area contributed by atoms with Crippen molar-refractivity contribution in [3.8, 4) is 11.4 Å². The lowest BCUT2D eigenvalue weighted by atomic mass is 10.2. The zero-order chi connectivity index (χ0) is 13.1. The van der Waals surface area contributed by atoms with Gasteiger partial charge in [0.25, 0.3) is 0 Å². The van der Waals surface area contributed by atoms with E-state index in [1.54, 1.807) is 17.9 Å². The second-order valence-electron chi connectivity index (χ2n) is 4.03. The van der Waals surface area contributed by atoms with Gasteiger partial charge >= 0.3 is 0 Å². The molecule has 1 aromatic heterocycles. The van der Waals surface area contributed by atoms with Crippen LogP contribution in [0.2, 0.25) is 5.02 Å². The quantitative estimate of drug-likeness (QED) is 0.924. The molecule has 5 heteroatoms. The highest BCUT2D eigenvalue weighted by atomic mass is 35.5. The summed E-state index contributed by atoms with van der Waals surface area (Å²) in [5.74, 6) is 0.748. The van der Waals surface area contributed by atoms with Crippen molar-refractivity contribution in [1.29, 1.82) is 0 Å². The van der Waals surface area contributed by atoms with Gasteiger partial charge in [-0.2, -0.15) is 5.10 Å².